The van der Waals surface area contributed by atoms with Crippen molar-refractivity contribution < 1.29 is 4.42 Å². The van der Waals surface area contributed by atoms with Crippen LogP contribution >= 0.6 is 11.3 Å². The number of fused-ring (bicyclic) bond motifs is 6. The fourth-order valence-corrected chi connectivity index (χ4v) is 9.05. The Bertz CT molecular complexity index is 2830. The third kappa shape index (κ3) is 5.26. The summed E-state index contributed by atoms with van der Waals surface area (Å²) in [5.74, 6) is 0.954. The fourth-order valence-electron chi connectivity index (χ4n) is 7.90. The molecule has 10 rings (SSSR count). The lowest BCUT2D eigenvalue weighted by Gasteiger charge is -2.20. The maximum Gasteiger partial charge on any atom is 0.156 e. The number of thiophene rings is 1. The van der Waals surface area contributed by atoms with Crippen LogP contribution in [0.2, 0.25) is 0 Å². The molecule has 0 radical (unpaired) electrons. The normalized spacial score (nSPS) is 16.3. The summed E-state index contributed by atoms with van der Waals surface area (Å²) in [7, 11) is 0. The first-order valence-corrected chi connectivity index (χ1v) is 18.7. The molecule has 0 N–H and O–H groups in total. The van der Waals surface area contributed by atoms with E-state index >= 15 is 0 Å². The molecule has 0 fully saturated rings. The maximum absolute atomic E-state index is 6.51. The second-order valence-corrected chi connectivity index (χ2v) is 14.8. The first-order chi connectivity index (χ1) is 25.7. The zero-order chi connectivity index (χ0) is 34.6. The molecule has 2 aromatic heterocycles. The molecular formula is C48H34N2OS. The smallest absolute Gasteiger partial charge is 0.156 e. The van der Waals surface area contributed by atoms with Crippen molar-refractivity contribution >= 4 is 65.0 Å². The molecule has 0 bridgehead atoms. The first kappa shape index (κ1) is 30.7. The highest BCUT2D eigenvalue weighted by Crippen LogP contribution is 2.42. The molecule has 0 aliphatic carbocycles. The lowest BCUT2D eigenvalue weighted by Crippen LogP contribution is -2.12. The van der Waals surface area contributed by atoms with Crippen molar-refractivity contribution in [3.05, 3.63) is 180 Å². The molecule has 0 saturated carbocycles. The quantitative estimate of drug-likeness (QED) is 0.178. The second-order valence-electron chi connectivity index (χ2n) is 13.8. The summed E-state index contributed by atoms with van der Waals surface area (Å²) in [6.07, 6.45) is 0.794. The van der Waals surface area contributed by atoms with Crippen LogP contribution in [0.1, 0.15) is 36.1 Å². The van der Waals surface area contributed by atoms with Gasteiger partial charge in [-0.2, -0.15) is 0 Å². The van der Waals surface area contributed by atoms with Crippen molar-refractivity contribution in [3.63, 3.8) is 0 Å². The van der Waals surface area contributed by atoms with Gasteiger partial charge in [0.25, 0.3) is 0 Å². The fraction of sp³-hybridized carbons (Fsp3) is 0.0833. The monoisotopic (exact) mass is 686 g/mol. The van der Waals surface area contributed by atoms with Crippen LogP contribution in [-0.4, -0.2) is 11.5 Å². The molecule has 3 nitrogen and oxygen atoms in total. The van der Waals surface area contributed by atoms with Crippen molar-refractivity contribution in [3.8, 4) is 22.3 Å². The van der Waals surface area contributed by atoms with Gasteiger partial charge in [0, 0.05) is 36.5 Å². The summed E-state index contributed by atoms with van der Waals surface area (Å²) >= 11 is 1.84. The summed E-state index contributed by atoms with van der Waals surface area (Å²) in [4.78, 5) is 11.2. The maximum atomic E-state index is 6.51. The van der Waals surface area contributed by atoms with Gasteiger partial charge in [-0.25, -0.2) is 4.99 Å². The summed E-state index contributed by atoms with van der Waals surface area (Å²) in [5.41, 5.74) is 10.7. The summed E-state index contributed by atoms with van der Waals surface area (Å²) in [5, 5.41) is 4.69. The Morgan fingerprint density at radius 2 is 1.21 bits per heavy atom. The third-order valence-corrected chi connectivity index (χ3v) is 11.6. The summed E-state index contributed by atoms with van der Waals surface area (Å²) in [6, 6.07) is 58.2. The predicted octanol–water partition coefficient (Wildman–Crippen LogP) is 13.3. The zero-order valence-electron chi connectivity index (χ0n) is 28.7. The average Bonchev–Trinajstić information content (AvgIpc) is 3.72. The molecule has 3 heterocycles. The number of rotatable bonds is 5. The van der Waals surface area contributed by atoms with Gasteiger partial charge < -0.3 is 4.42 Å². The number of para-hydroxylation sites is 1. The summed E-state index contributed by atoms with van der Waals surface area (Å²) in [6.45, 7) is 2.31. The Morgan fingerprint density at radius 3 is 2.04 bits per heavy atom. The van der Waals surface area contributed by atoms with Crippen LogP contribution in [0.25, 0.3) is 64.4 Å². The Kier molecular flexibility index (Phi) is 7.43. The average molecular weight is 687 g/mol. The van der Waals surface area contributed by atoms with Crippen molar-refractivity contribution in [1.82, 2.24) is 0 Å². The minimum atomic E-state index is -0.0765. The highest BCUT2D eigenvalue weighted by Gasteiger charge is 2.29. The molecular weight excluding hydrogens is 653 g/mol. The van der Waals surface area contributed by atoms with E-state index in [1.165, 1.54) is 36.9 Å². The predicted molar refractivity (Wildman–Crippen MR) is 220 cm³/mol. The van der Waals surface area contributed by atoms with Gasteiger partial charge >= 0.3 is 0 Å². The lowest BCUT2D eigenvalue weighted by atomic mass is 9.89. The standard InChI is InChI=1S/C48H34N2OS/c1-30-28-40(33-22-20-32(21-23-33)31-12-4-2-5-13-31)49-48(50-47(30)34-14-6-3-7-15-34)46-36(26-27-42-45(46)39-17-8-10-18-41(39)51-42)35-24-25-38-37-16-9-11-19-43(37)52-44(38)29-35/h2-27,29-30,47H,28H2,1H3. The van der Waals surface area contributed by atoms with E-state index in [9.17, 15) is 0 Å². The van der Waals surface area contributed by atoms with Crippen molar-refractivity contribution in [2.24, 2.45) is 15.9 Å². The van der Waals surface area contributed by atoms with Crippen LogP contribution in [0.5, 0.6) is 0 Å². The molecule has 9 aromatic rings. The van der Waals surface area contributed by atoms with Crippen LogP contribution in [0.3, 0.4) is 0 Å². The van der Waals surface area contributed by atoms with Crippen LogP contribution < -0.4 is 0 Å². The number of aliphatic imine (C=N–C) groups is 2. The van der Waals surface area contributed by atoms with Crippen LogP contribution in [0.4, 0.5) is 0 Å². The Hall–Kier alpha value is -6.10. The molecule has 2 atom stereocenters. The van der Waals surface area contributed by atoms with Gasteiger partial charge in [0.1, 0.15) is 11.2 Å². The Balaban J connectivity index is 1.22. The van der Waals surface area contributed by atoms with Crippen molar-refractivity contribution in [1.29, 1.82) is 0 Å². The largest absolute Gasteiger partial charge is 0.456 e. The molecule has 0 saturated heterocycles. The van der Waals surface area contributed by atoms with E-state index in [4.69, 9.17) is 14.4 Å². The van der Waals surface area contributed by atoms with Gasteiger partial charge in [-0.1, -0.05) is 140 Å². The minimum Gasteiger partial charge on any atom is -0.456 e. The molecule has 1 aliphatic rings. The van der Waals surface area contributed by atoms with Crippen LogP contribution in [-0.2, 0) is 0 Å². The van der Waals surface area contributed by atoms with Crippen molar-refractivity contribution in [2.45, 2.75) is 19.4 Å². The van der Waals surface area contributed by atoms with E-state index in [-0.39, 0.29) is 12.0 Å². The van der Waals surface area contributed by atoms with E-state index in [1.54, 1.807) is 0 Å². The lowest BCUT2D eigenvalue weighted by molar-refractivity contribution is 0.493. The van der Waals surface area contributed by atoms with Gasteiger partial charge in [0.15, 0.2) is 5.84 Å². The molecule has 248 valence electrons. The number of benzene rings is 7. The van der Waals surface area contributed by atoms with Crippen LogP contribution in [0, 0.1) is 5.92 Å². The zero-order valence-corrected chi connectivity index (χ0v) is 29.5. The molecule has 2 unspecified atom stereocenters. The number of amidine groups is 1. The molecule has 4 heteroatoms. The second kappa shape index (κ2) is 12.6. The SMILES string of the molecule is CC1CC(c2ccc(-c3ccccc3)cc2)=NC(c2c(-c3ccc4c(c3)sc3ccccc34)ccc3oc4ccccc4c23)=NC1c1ccccc1. The van der Waals surface area contributed by atoms with E-state index in [0.717, 1.165) is 62.2 Å². The molecule has 0 spiro atoms. The highest BCUT2D eigenvalue weighted by molar-refractivity contribution is 7.25. The van der Waals surface area contributed by atoms with Crippen LogP contribution in [0.15, 0.2) is 178 Å². The van der Waals surface area contributed by atoms with Gasteiger partial charge in [0.05, 0.1) is 11.8 Å². The summed E-state index contributed by atoms with van der Waals surface area (Å²) < 4.78 is 9.08. The Labute approximate surface area is 306 Å². The highest BCUT2D eigenvalue weighted by atomic mass is 32.1. The molecule has 7 aromatic carbocycles. The number of nitrogens with zero attached hydrogens (tertiary/aromatic N) is 2. The van der Waals surface area contributed by atoms with Gasteiger partial charge in [-0.05, 0) is 76.1 Å². The Morgan fingerprint density at radius 1 is 0.558 bits per heavy atom. The number of hydrogen-bond acceptors (Lipinski definition) is 4. The minimum absolute atomic E-state index is 0.0765. The van der Waals surface area contributed by atoms with E-state index < -0.39 is 0 Å². The molecule has 52 heavy (non-hydrogen) atoms. The number of furan rings is 1. The molecule has 1 aliphatic heterocycles. The topological polar surface area (TPSA) is 37.9 Å². The van der Waals surface area contributed by atoms with E-state index in [2.05, 4.69) is 165 Å². The van der Waals surface area contributed by atoms with Gasteiger partial charge in [0.2, 0.25) is 0 Å². The third-order valence-electron chi connectivity index (χ3n) is 10.5. The van der Waals surface area contributed by atoms with E-state index in [0.29, 0.717) is 0 Å². The first-order valence-electron chi connectivity index (χ1n) is 17.9. The number of hydrogen-bond donors (Lipinski definition) is 0. The van der Waals surface area contributed by atoms with Gasteiger partial charge in [-0.15, -0.1) is 11.3 Å². The van der Waals surface area contributed by atoms with Crippen molar-refractivity contribution in [2.75, 3.05) is 0 Å². The molecule has 0 amide bonds. The van der Waals surface area contributed by atoms with Gasteiger partial charge in [-0.3, -0.25) is 4.99 Å². The van der Waals surface area contributed by atoms with E-state index in [1.807, 2.05) is 17.4 Å².